The van der Waals surface area contributed by atoms with Gasteiger partial charge in [0.15, 0.2) is 0 Å². The molecule has 1 aliphatic carbocycles. The molecule has 1 fully saturated rings. The maximum Gasteiger partial charge on any atom is 0.408 e. The first kappa shape index (κ1) is 17.0. The number of amides is 1. The first-order valence-corrected chi connectivity index (χ1v) is 7.67. The highest BCUT2D eigenvalue weighted by molar-refractivity contribution is 5.83. The van der Waals surface area contributed by atoms with Crippen molar-refractivity contribution >= 4 is 17.8 Å². The van der Waals surface area contributed by atoms with E-state index >= 15 is 0 Å². The number of carbonyl (C=O) groups is 3. The summed E-state index contributed by atoms with van der Waals surface area (Å²) in [6.07, 6.45) is 1.33. The minimum atomic E-state index is -0.781. The lowest BCUT2D eigenvalue weighted by atomic mass is 9.83. The molecule has 1 aliphatic rings. The minimum absolute atomic E-state index is 0.107. The van der Waals surface area contributed by atoms with Gasteiger partial charge in [-0.05, 0) is 24.3 Å². The Balaban J connectivity index is 1.90. The third-order valence-electron chi connectivity index (χ3n) is 4.00. The van der Waals surface area contributed by atoms with Crippen LogP contribution >= 0.6 is 0 Å². The molecule has 0 aromatic heterocycles. The molecule has 0 spiro atoms. The fourth-order valence-electron chi connectivity index (χ4n) is 2.68. The van der Waals surface area contributed by atoms with Crippen LogP contribution in [0.2, 0.25) is 0 Å². The van der Waals surface area contributed by atoms with E-state index in [4.69, 9.17) is 9.47 Å². The number of esters is 1. The molecule has 0 aliphatic heterocycles. The van der Waals surface area contributed by atoms with E-state index < -0.39 is 18.1 Å². The van der Waals surface area contributed by atoms with Gasteiger partial charge in [0.25, 0.3) is 0 Å². The Morgan fingerprint density at radius 2 is 1.87 bits per heavy atom. The second-order valence-corrected chi connectivity index (χ2v) is 5.58. The summed E-state index contributed by atoms with van der Waals surface area (Å²) >= 11 is 0. The summed E-state index contributed by atoms with van der Waals surface area (Å²) in [5.74, 6) is -0.429. The molecule has 1 N–H and O–H groups in total. The van der Waals surface area contributed by atoms with Crippen molar-refractivity contribution in [2.24, 2.45) is 5.92 Å². The zero-order valence-corrected chi connectivity index (χ0v) is 13.1. The lowest BCUT2D eigenvalue weighted by Gasteiger charge is -2.28. The standard InChI is InChI=1S/C17H21NO5/c1-22-16(20)15(13-7-9-14(19)10-8-13)18-17(21)23-11-12-5-3-2-4-6-12/h2-6,13,15H,7-11H2,1H3,(H,18,21)/t15-/m1/s1. The van der Waals surface area contributed by atoms with Gasteiger partial charge in [-0.15, -0.1) is 0 Å². The number of methoxy groups -OCH3 is 1. The van der Waals surface area contributed by atoms with Gasteiger partial charge in [-0.1, -0.05) is 30.3 Å². The van der Waals surface area contributed by atoms with Crippen LogP contribution in [0.5, 0.6) is 0 Å². The molecular weight excluding hydrogens is 298 g/mol. The van der Waals surface area contributed by atoms with E-state index in [1.54, 1.807) is 0 Å². The van der Waals surface area contributed by atoms with E-state index in [0.717, 1.165) is 5.56 Å². The van der Waals surface area contributed by atoms with Crippen LogP contribution in [-0.2, 0) is 25.7 Å². The Bertz CT molecular complexity index is 547. The van der Waals surface area contributed by atoms with Crippen LogP contribution in [0.15, 0.2) is 30.3 Å². The van der Waals surface area contributed by atoms with E-state index in [-0.39, 0.29) is 18.3 Å². The highest BCUT2D eigenvalue weighted by Gasteiger charge is 2.33. The predicted molar refractivity (Wildman–Crippen MR) is 82.5 cm³/mol. The molecule has 6 nitrogen and oxygen atoms in total. The Kier molecular flexibility index (Phi) is 6.14. The highest BCUT2D eigenvalue weighted by atomic mass is 16.6. The van der Waals surface area contributed by atoms with Gasteiger partial charge in [-0.25, -0.2) is 9.59 Å². The maximum atomic E-state index is 11.9. The van der Waals surface area contributed by atoms with E-state index in [2.05, 4.69) is 5.32 Å². The first-order chi connectivity index (χ1) is 11.1. The summed E-state index contributed by atoms with van der Waals surface area (Å²) in [5.41, 5.74) is 0.862. The molecular formula is C17H21NO5. The van der Waals surface area contributed by atoms with E-state index in [1.807, 2.05) is 30.3 Å². The number of hydrogen-bond acceptors (Lipinski definition) is 5. The Hall–Kier alpha value is -2.37. The molecule has 1 atom stereocenters. The van der Waals surface area contributed by atoms with Crippen molar-refractivity contribution in [1.82, 2.24) is 5.32 Å². The maximum absolute atomic E-state index is 11.9. The fraction of sp³-hybridized carbons (Fsp3) is 0.471. The van der Waals surface area contributed by atoms with Gasteiger partial charge >= 0.3 is 12.1 Å². The second-order valence-electron chi connectivity index (χ2n) is 5.58. The normalized spacial score (nSPS) is 16.5. The molecule has 6 heteroatoms. The van der Waals surface area contributed by atoms with Crippen LogP contribution < -0.4 is 5.32 Å². The van der Waals surface area contributed by atoms with Gasteiger partial charge in [0.2, 0.25) is 0 Å². The molecule has 0 saturated heterocycles. The average molecular weight is 319 g/mol. The van der Waals surface area contributed by atoms with Crippen LogP contribution in [0.1, 0.15) is 31.2 Å². The molecule has 0 bridgehead atoms. The molecule has 1 amide bonds. The lowest BCUT2D eigenvalue weighted by molar-refractivity contribution is -0.145. The minimum Gasteiger partial charge on any atom is -0.467 e. The number of nitrogens with one attached hydrogen (secondary N) is 1. The van der Waals surface area contributed by atoms with E-state index in [9.17, 15) is 14.4 Å². The van der Waals surface area contributed by atoms with Gasteiger partial charge in [0.05, 0.1) is 7.11 Å². The van der Waals surface area contributed by atoms with Crippen molar-refractivity contribution in [3.63, 3.8) is 0 Å². The topological polar surface area (TPSA) is 81.7 Å². The van der Waals surface area contributed by atoms with Gasteiger partial charge in [-0.2, -0.15) is 0 Å². The van der Waals surface area contributed by atoms with Crippen molar-refractivity contribution in [3.05, 3.63) is 35.9 Å². The van der Waals surface area contributed by atoms with Crippen molar-refractivity contribution < 1.29 is 23.9 Å². The Morgan fingerprint density at radius 3 is 2.48 bits per heavy atom. The molecule has 0 heterocycles. The summed E-state index contributed by atoms with van der Waals surface area (Å²) < 4.78 is 9.90. The fourth-order valence-corrected chi connectivity index (χ4v) is 2.68. The number of ketones is 1. The van der Waals surface area contributed by atoms with E-state index in [0.29, 0.717) is 25.7 Å². The molecule has 124 valence electrons. The van der Waals surface area contributed by atoms with E-state index in [1.165, 1.54) is 7.11 Å². The molecule has 2 rings (SSSR count). The van der Waals surface area contributed by atoms with Gasteiger partial charge < -0.3 is 14.8 Å². The van der Waals surface area contributed by atoms with Crippen LogP contribution in [0, 0.1) is 5.92 Å². The van der Waals surface area contributed by atoms with Crippen LogP contribution in [0.3, 0.4) is 0 Å². The molecule has 0 radical (unpaired) electrons. The van der Waals surface area contributed by atoms with Crippen molar-refractivity contribution in [1.29, 1.82) is 0 Å². The molecule has 1 saturated carbocycles. The van der Waals surface area contributed by atoms with Crippen molar-refractivity contribution in [3.8, 4) is 0 Å². The number of rotatable bonds is 5. The quantitative estimate of drug-likeness (QED) is 0.842. The highest BCUT2D eigenvalue weighted by Crippen LogP contribution is 2.25. The van der Waals surface area contributed by atoms with Gasteiger partial charge in [-0.3, -0.25) is 4.79 Å². The third-order valence-corrected chi connectivity index (χ3v) is 4.00. The summed E-state index contributed by atoms with van der Waals surface area (Å²) in [6, 6.07) is 8.49. The van der Waals surface area contributed by atoms with Gasteiger partial charge in [0.1, 0.15) is 18.4 Å². The summed E-state index contributed by atoms with van der Waals surface area (Å²) in [5, 5.41) is 2.58. The molecule has 23 heavy (non-hydrogen) atoms. The number of benzene rings is 1. The van der Waals surface area contributed by atoms with Crippen LogP contribution in [-0.4, -0.2) is 31.0 Å². The first-order valence-electron chi connectivity index (χ1n) is 7.67. The van der Waals surface area contributed by atoms with Crippen LogP contribution in [0.25, 0.3) is 0 Å². The number of ether oxygens (including phenoxy) is 2. The lowest BCUT2D eigenvalue weighted by Crippen LogP contribution is -2.47. The summed E-state index contributed by atoms with van der Waals surface area (Å²) in [4.78, 5) is 35.2. The summed E-state index contributed by atoms with van der Waals surface area (Å²) in [6.45, 7) is 0.129. The Morgan fingerprint density at radius 1 is 1.22 bits per heavy atom. The molecule has 1 aromatic rings. The van der Waals surface area contributed by atoms with Gasteiger partial charge in [0, 0.05) is 12.8 Å². The summed E-state index contributed by atoms with van der Waals surface area (Å²) in [7, 11) is 1.28. The molecule has 1 aromatic carbocycles. The number of hydrogen-bond donors (Lipinski definition) is 1. The third kappa shape index (κ3) is 5.09. The molecule has 0 unspecified atom stereocenters. The zero-order valence-electron chi connectivity index (χ0n) is 13.1. The SMILES string of the molecule is COC(=O)[C@H](NC(=O)OCc1ccccc1)C1CCC(=O)CC1. The van der Waals surface area contributed by atoms with Crippen LogP contribution in [0.4, 0.5) is 4.79 Å². The monoisotopic (exact) mass is 319 g/mol. The Labute approximate surface area is 135 Å². The number of Topliss-reactive ketones (excluding diaryl/α,β-unsaturated/α-hetero) is 1. The second kappa shape index (κ2) is 8.31. The largest absolute Gasteiger partial charge is 0.467 e. The zero-order chi connectivity index (χ0) is 16.7. The number of carbonyl (C=O) groups excluding carboxylic acids is 3. The predicted octanol–water partition coefficient (Wildman–Crippen LogP) is 2.21. The average Bonchev–Trinajstić information content (AvgIpc) is 2.59. The van der Waals surface area contributed by atoms with Crippen molar-refractivity contribution in [2.75, 3.05) is 7.11 Å². The van der Waals surface area contributed by atoms with Crippen molar-refractivity contribution in [2.45, 2.75) is 38.3 Å². The number of alkyl carbamates (subject to hydrolysis) is 1. The smallest absolute Gasteiger partial charge is 0.408 e.